The average Bonchev–Trinajstić information content (AvgIpc) is 2.12. The first kappa shape index (κ1) is 12.4. The number of carbonyl (C=O) groups is 1. The molecule has 1 aromatic carbocycles. The summed E-state index contributed by atoms with van der Waals surface area (Å²) in [6, 6.07) is 3.20. The van der Waals surface area contributed by atoms with Crippen LogP contribution in [-0.2, 0) is 0 Å². The zero-order valence-corrected chi connectivity index (χ0v) is 10.3. The van der Waals surface area contributed by atoms with E-state index >= 15 is 0 Å². The normalized spacial score (nSPS) is 10.5. The molecule has 0 fully saturated rings. The third-order valence-electron chi connectivity index (χ3n) is 1.88. The zero-order chi connectivity index (χ0) is 11.6. The van der Waals surface area contributed by atoms with Crippen LogP contribution in [0.2, 0.25) is 0 Å². The molecule has 0 aliphatic rings. The highest BCUT2D eigenvalue weighted by Crippen LogP contribution is 2.30. The number of halogens is 3. The first-order chi connectivity index (χ1) is 6.93. The minimum atomic E-state index is -2.92. The first-order valence-corrected chi connectivity index (χ1v) is 5.26. The fourth-order valence-electron chi connectivity index (χ4n) is 1.14. The molecule has 5 heteroatoms. The van der Waals surface area contributed by atoms with Crippen LogP contribution < -0.4 is 4.74 Å². The van der Waals surface area contributed by atoms with Crippen LogP contribution in [0.5, 0.6) is 5.75 Å². The Kier molecular flexibility index (Phi) is 4.01. The fraction of sp³-hybridized carbons (Fsp3) is 0.300. The summed E-state index contributed by atoms with van der Waals surface area (Å²) in [5.74, 6) is -0.318. The van der Waals surface area contributed by atoms with Crippen LogP contribution >= 0.6 is 22.6 Å². The number of Topliss-reactive ketones (excluding diaryl/α,β-unsaturated/α-hetero) is 1. The lowest BCUT2D eigenvalue weighted by Crippen LogP contribution is -2.08. The summed E-state index contributed by atoms with van der Waals surface area (Å²) in [5, 5.41) is 0. The van der Waals surface area contributed by atoms with Crippen molar-refractivity contribution in [3.05, 3.63) is 26.8 Å². The van der Waals surface area contributed by atoms with Crippen LogP contribution in [0.1, 0.15) is 22.8 Å². The molecular formula is C10H9F2IO2. The lowest BCUT2D eigenvalue weighted by atomic mass is 10.1. The van der Waals surface area contributed by atoms with E-state index in [1.165, 1.54) is 13.0 Å². The number of hydrogen-bond acceptors (Lipinski definition) is 2. The molecule has 0 heterocycles. The predicted octanol–water partition coefficient (Wildman–Crippen LogP) is 3.40. The van der Waals surface area contributed by atoms with Crippen LogP contribution in [0.4, 0.5) is 8.78 Å². The molecule has 82 valence electrons. The van der Waals surface area contributed by atoms with E-state index in [-0.39, 0.29) is 17.1 Å². The maximum atomic E-state index is 12.1. The van der Waals surface area contributed by atoms with Gasteiger partial charge in [-0.25, -0.2) is 0 Å². The summed E-state index contributed by atoms with van der Waals surface area (Å²) in [5.41, 5.74) is 0.988. The molecular weight excluding hydrogens is 317 g/mol. The molecule has 0 saturated carbocycles. The van der Waals surface area contributed by atoms with Gasteiger partial charge >= 0.3 is 6.61 Å². The van der Waals surface area contributed by atoms with Crippen LogP contribution in [0.3, 0.4) is 0 Å². The molecule has 15 heavy (non-hydrogen) atoms. The van der Waals surface area contributed by atoms with Crippen LogP contribution in [0.15, 0.2) is 12.1 Å². The number of rotatable bonds is 3. The summed E-state index contributed by atoms with van der Waals surface area (Å²) in [7, 11) is 0. The van der Waals surface area contributed by atoms with Crippen LogP contribution in [0.25, 0.3) is 0 Å². The molecule has 0 aliphatic carbocycles. The lowest BCUT2D eigenvalue weighted by molar-refractivity contribution is -0.0507. The monoisotopic (exact) mass is 326 g/mol. The first-order valence-electron chi connectivity index (χ1n) is 4.18. The molecule has 0 bridgehead atoms. The molecule has 0 radical (unpaired) electrons. The predicted molar refractivity (Wildman–Crippen MR) is 60.5 cm³/mol. The highest BCUT2D eigenvalue weighted by atomic mass is 127. The number of aryl methyl sites for hydroxylation is 1. The summed E-state index contributed by atoms with van der Waals surface area (Å²) < 4.78 is 29.2. The highest BCUT2D eigenvalue weighted by Gasteiger charge is 2.17. The van der Waals surface area contributed by atoms with E-state index in [4.69, 9.17) is 0 Å². The standard InChI is InChI=1S/C10H9F2IO2/c1-5-3-4-7(6(2)14)9(8(5)13)15-10(11)12/h3-4,10H,1-2H3. The Morgan fingerprint density at radius 2 is 2.07 bits per heavy atom. The van der Waals surface area contributed by atoms with Crippen molar-refractivity contribution in [1.82, 2.24) is 0 Å². The van der Waals surface area contributed by atoms with Crippen molar-refractivity contribution >= 4 is 28.4 Å². The largest absolute Gasteiger partial charge is 0.433 e. The fourth-order valence-corrected chi connectivity index (χ4v) is 1.73. The highest BCUT2D eigenvalue weighted by molar-refractivity contribution is 14.1. The number of benzene rings is 1. The van der Waals surface area contributed by atoms with Gasteiger partial charge in [-0.15, -0.1) is 0 Å². The summed E-state index contributed by atoms with van der Waals surface area (Å²) in [4.78, 5) is 11.2. The van der Waals surface area contributed by atoms with Crippen molar-refractivity contribution in [1.29, 1.82) is 0 Å². The molecule has 0 amide bonds. The van der Waals surface area contributed by atoms with Crippen molar-refractivity contribution in [3.63, 3.8) is 0 Å². The van der Waals surface area contributed by atoms with Crippen molar-refractivity contribution in [2.24, 2.45) is 0 Å². The maximum absolute atomic E-state index is 12.1. The number of carbonyl (C=O) groups excluding carboxylic acids is 1. The summed E-state index contributed by atoms with van der Waals surface area (Å²) in [6.07, 6.45) is 0. The Bertz CT molecular complexity index is 391. The topological polar surface area (TPSA) is 26.3 Å². The molecule has 0 aromatic heterocycles. The van der Waals surface area contributed by atoms with Gasteiger partial charge in [0.2, 0.25) is 0 Å². The van der Waals surface area contributed by atoms with Crippen molar-refractivity contribution in [2.45, 2.75) is 20.5 Å². The van der Waals surface area contributed by atoms with E-state index in [0.717, 1.165) is 5.56 Å². The molecule has 0 unspecified atom stereocenters. The van der Waals surface area contributed by atoms with E-state index in [2.05, 4.69) is 4.74 Å². The van der Waals surface area contributed by atoms with Crippen molar-refractivity contribution in [3.8, 4) is 5.75 Å². The minimum absolute atomic E-state index is 0.0295. The van der Waals surface area contributed by atoms with Gasteiger partial charge in [0.15, 0.2) is 5.78 Å². The summed E-state index contributed by atoms with van der Waals surface area (Å²) >= 11 is 1.89. The van der Waals surface area contributed by atoms with Crippen LogP contribution in [-0.4, -0.2) is 12.4 Å². The van der Waals surface area contributed by atoms with Gasteiger partial charge in [0, 0.05) is 0 Å². The molecule has 0 atom stereocenters. The Balaban J connectivity index is 3.28. The second-order valence-electron chi connectivity index (χ2n) is 3.01. The second-order valence-corrected chi connectivity index (χ2v) is 4.09. The molecule has 1 aromatic rings. The maximum Gasteiger partial charge on any atom is 0.387 e. The number of ketones is 1. The number of ether oxygens (including phenoxy) is 1. The van der Waals surface area contributed by atoms with Gasteiger partial charge in [-0.3, -0.25) is 4.79 Å². The molecule has 0 aliphatic heterocycles. The van der Waals surface area contributed by atoms with Gasteiger partial charge in [-0.05, 0) is 48.1 Å². The third-order valence-corrected chi connectivity index (χ3v) is 3.22. The Morgan fingerprint density at radius 1 is 1.47 bits per heavy atom. The van der Waals surface area contributed by atoms with Gasteiger partial charge < -0.3 is 4.74 Å². The van der Waals surface area contributed by atoms with Gasteiger partial charge in [-0.2, -0.15) is 8.78 Å². The minimum Gasteiger partial charge on any atom is -0.433 e. The molecule has 0 saturated heterocycles. The van der Waals surface area contributed by atoms with E-state index in [0.29, 0.717) is 3.57 Å². The van der Waals surface area contributed by atoms with Crippen LogP contribution in [0, 0.1) is 10.5 Å². The van der Waals surface area contributed by atoms with E-state index in [1.807, 2.05) is 22.6 Å². The van der Waals surface area contributed by atoms with Gasteiger partial charge in [-0.1, -0.05) is 6.07 Å². The van der Waals surface area contributed by atoms with Crippen molar-refractivity contribution < 1.29 is 18.3 Å². The molecule has 1 rings (SSSR count). The van der Waals surface area contributed by atoms with Crippen molar-refractivity contribution in [2.75, 3.05) is 0 Å². The molecule has 0 N–H and O–H groups in total. The van der Waals surface area contributed by atoms with Gasteiger partial charge in [0.05, 0.1) is 9.13 Å². The lowest BCUT2D eigenvalue weighted by Gasteiger charge is -2.12. The third kappa shape index (κ3) is 2.87. The Hall–Kier alpha value is -0.720. The smallest absolute Gasteiger partial charge is 0.387 e. The molecule has 0 spiro atoms. The molecule has 2 nitrogen and oxygen atoms in total. The Labute approximate surface area is 99.8 Å². The van der Waals surface area contributed by atoms with E-state index in [9.17, 15) is 13.6 Å². The summed E-state index contributed by atoms with van der Waals surface area (Å²) in [6.45, 7) is 0.168. The van der Waals surface area contributed by atoms with Gasteiger partial charge in [0.1, 0.15) is 5.75 Å². The second kappa shape index (κ2) is 4.87. The average molecular weight is 326 g/mol. The zero-order valence-electron chi connectivity index (χ0n) is 8.18. The number of alkyl halides is 2. The van der Waals surface area contributed by atoms with E-state index < -0.39 is 6.61 Å². The SMILES string of the molecule is CC(=O)c1ccc(C)c(I)c1OC(F)F. The van der Waals surface area contributed by atoms with Gasteiger partial charge in [0.25, 0.3) is 0 Å². The Morgan fingerprint density at radius 3 is 2.53 bits per heavy atom. The number of hydrogen-bond donors (Lipinski definition) is 0. The van der Waals surface area contributed by atoms with E-state index in [1.54, 1.807) is 13.0 Å². The quantitative estimate of drug-likeness (QED) is 0.629.